The maximum Gasteiger partial charge on any atom is 0.523 e. The topological polar surface area (TPSA) is 97.4 Å². The third kappa shape index (κ3) is 5.98. The highest BCUT2D eigenvalue weighted by Gasteiger charge is 2.58. The average molecular weight is 535 g/mol. The lowest BCUT2D eigenvalue weighted by molar-refractivity contribution is -0.316. The third-order valence-corrected chi connectivity index (χ3v) is 7.37. The second-order valence-corrected chi connectivity index (χ2v) is 10.4. The fraction of sp³-hybridized carbons (Fsp3) is 0.409. The summed E-state index contributed by atoms with van der Waals surface area (Å²) in [6.07, 6.45) is -6.80. The molecule has 0 N–H and O–H groups in total. The highest BCUT2D eigenvalue weighted by atomic mass is 32.2. The molecule has 0 amide bonds. The van der Waals surface area contributed by atoms with Crippen LogP contribution < -0.4 is 0 Å². The minimum absolute atomic E-state index is 0.130. The van der Waals surface area contributed by atoms with E-state index in [0.29, 0.717) is 10.5 Å². The number of esters is 1. The standard InChI is InChI=1S/C22H21F3O8S2/c1-13(26)30-19-18(33-35(27,28)22(23,24)25)17-16(31-21(19)34-15-10-6-3-7-11-15)12-29-20(32-17)14-8-4-2-5-9-14/h2-11,16-21H,12H2,1H3/t16?,17?,18-,19?,20?,21-/m0/s1. The van der Waals surface area contributed by atoms with Crippen molar-refractivity contribution in [2.75, 3.05) is 6.61 Å². The fourth-order valence-electron chi connectivity index (χ4n) is 3.68. The molecule has 0 radical (unpaired) electrons. The Bertz CT molecular complexity index is 1110. The third-order valence-electron chi connectivity index (χ3n) is 5.17. The van der Waals surface area contributed by atoms with Crippen molar-refractivity contribution >= 4 is 27.8 Å². The molecule has 4 rings (SSSR count). The summed E-state index contributed by atoms with van der Waals surface area (Å²) >= 11 is 1.04. The van der Waals surface area contributed by atoms with E-state index in [4.69, 9.17) is 18.9 Å². The molecule has 2 aliphatic heterocycles. The molecule has 2 aromatic rings. The van der Waals surface area contributed by atoms with Crippen molar-refractivity contribution < 1.29 is 49.5 Å². The summed E-state index contributed by atoms with van der Waals surface area (Å²) in [6, 6.07) is 17.2. The van der Waals surface area contributed by atoms with Gasteiger partial charge >= 0.3 is 21.6 Å². The van der Waals surface area contributed by atoms with Crippen LogP contribution in [0.5, 0.6) is 0 Å². The Kier molecular flexibility index (Phi) is 7.74. The zero-order valence-corrected chi connectivity index (χ0v) is 19.8. The van der Waals surface area contributed by atoms with Gasteiger partial charge in [0, 0.05) is 17.4 Å². The van der Waals surface area contributed by atoms with Gasteiger partial charge in [0.25, 0.3) is 0 Å². The molecule has 0 aromatic heterocycles. The first-order valence-corrected chi connectivity index (χ1v) is 12.7. The predicted octanol–water partition coefficient (Wildman–Crippen LogP) is 3.78. The summed E-state index contributed by atoms with van der Waals surface area (Å²) in [5.74, 6) is -0.861. The van der Waals surface area contributed by atoms with Crippen molar-refractivity contribution in [1.29, 1.82) is 0 Å². The molecule has 0 spiro atoms. The van der Waals surface area contributed by atoms with Crippen LogP contribution in [0.25, 0.3) is 0 Å². The van der Waals surface area contributed by atoms with Gasteiger partial charge in [-0.15, -0.1) is 0 Å². The molecule has 190 valence electrons. The summed E-state index contributed by atoms with van der Waals surface area (Å²) in [5, 5.41) is 0. The number of fused-ring (bicyclic) bond motifs is 1. The molecule has 13 heteroatoms. The van der Waals surface area contributed by atoms with Crippen LogP contribution in [0, 0.1) is 0 Å². The van der Waals surface area contributed by atoms with E-state index in [1.54, 1.807) is 60.7 Å². The highest BCUT2D eigenvalue weighted by molar-refractivity contribution is 7.99. The normalized spacial score (nSPS) is 29.3. The maximum atomic E-state index is 13.3. The van der Waals surface area contributed by atoms with Gasteiger partial charge in [-0.1, -0.05) is 60.3 Å². The molecule has 2 aromatic carbocycles. The molecule has 0 bridgehead atoms. The Morgan fingerprint density at radius 3 is 2.23 bits per heavy atom. The van der Waals surface area contributed by atoms with Gasteiger partial charge in [-0.3, -0.25) is 8.98 Å². The Morgan fingerprint density at radius 1 is 1.00 bits per heavy atom. The SMILES string of the molecule is CC(=O)OC1[C@@H](OS(=O)(=O)C(F)(F)F)C2OC(c3ccccc3)OCC2O[C@H]1Sc1ccccc1. The van der Waals surface area contributed by atoms with Gasteiger partial charge in [0.05, 0.1) is 6.61 Å². The van der Waals surface area contributed by atoms with Crippen LogP contribution in [-0.4, -0.2) is 56.4 Å². The van der Waals surface area contributed by atoms with E-state index in [1.807, 2.05) is 0 Å². The monoisotopic (exact) mass is 534 g/mol. The number of halogens is 3. The molecule has 35 heavy (non-hydrogen) atoms. The van der Waals surface area contributed by atoms with Crippen LogP contribution >= 0.6 is 11.8 Å². The summed E-state index contributed by atoms with van der Waals surface area (Å²) in [5.41, 5.74) is -6.27. The summed E-state index contributed by atoms with van der Waals surface area (Å²) in [7, 11) is -6.07. The Labute approximate surface area is 203 Å². The van der Waals surface area contributed by atoms with Crippen LogP contribution in [0.15, 0.2) is 65.6 Å². The van der Waals surface area contributed by atoms with Crippen molar-refractivity contribution in [2.24, 2.45) is 0 Å². The molecule has 8 nitrogen and oxygen atoms in total. The number of hydrogen-bond acceptors (Lipinski definition) is 9. The van der Waals surface area contributed by atoms with Gasteiger partial charge in [0.1, 0.15) is 23.7 Å². The zero-order chi connectivity index (χ0) is 25.2. The van der Waals surface area contributed by atoms with Gasteiger partial charge in [0.15, 0.2) is 12.4 Å². The first kappa shape index (κ1) is 25.9. The molecule has 2 aliphatic rings. The molecule has 2 fully saturated rings. The number of hydrogen-bond donors (Lipinski definition) is 0. The van der Waals surface area contributed by atoms with Gasteiger partial charge in [0.2, 0.25) is 0 Å². The highest BCUT2D eigenvalue weighted by Crippen LogP contribution is 2.42. The van der Waals surface area contributed by atoms with Gasteiger partial charge < -0.3 is 18.9 Å². The number of rotatable bonds is 6. The summed E-state index contributed by atoms with van der Waals surface area (Å²) < 4.78 is 91.3. The number of thioether (sulfide) groups is 1. The summed E-state index contributed by atoms with van der Waals surface area (Å²) in [6.45, 7) is 0.915. The zero-order valence-electron chi connectivity index (χ0n) is 18.2. The van der Waals surface area contributed by atoms with Gasteiger partial charge in [-0.2, -0.15) is 21.6 Å². The minimum Gasteiger partial charge on any atom is -0.456 e. The van der Waals surface area contributed by atoms with Gasteiger partial charge in [-0.25, -0.2) is 0 Å². The van der Waals surface area contributed by atoms with E-state index < -0.39 is 57.7 Å². The number of ether oxygens (including phenoxy) is 4. The quantitative estimate of drug-likeness (QED) is 0.312. The first-order valence-electron chi connectivity index (χ1n) is 10.4. The maximum absolute atomic E-state index is 13.3. The van der Waals surface area contributed by atoms with Crippen molar-refractivity contribution in [2.45, 2.75) is 53.5 Å². The second kappa shape index (κ2) is 10.4. The van der Waals surface area contributed by atoms with Crippen molar-refractivity contribution in [3.05, 3.63) is 66.2 Å². The van der Waals surface area contributed by atoms with E-state index in [9.17, 15) is 26.4 Å². The Balaban J connectivity index is 1.70. The minimum atomic E-state index is -6.07. The van der Waals surface area contributed by atoms with Crippen molar-refractivity contribution in [1.82, 2.24) is 0 Å². The lowest BCUT2D eigenvalue weighted by Crippen LogP contribution is -2.63. The number of carbonyl (C=O) groups is 1. The Hall–Kier alpha value is -2.16. The first-order chi connectivity index (χ1) is 16.5. The van der Waals surface area contributed by atoms with Crippen LogP contribution in [0.3, 0.4) is 0 Å². The second-order valence-electron chi connectivity index (χ2n) is 7.69. The molecule has 6 atom stereocenters. The predicted molar refractivity (Wildman–Crippen MR) is 116 cm³/mol. The largest absolute Gasteiger partial charge is 0.523 e. The average Bonchev–Trinajstić information content (AvgIpc) is 2.81. The van der Waals surface area contributed by atoms with Crippen LogP contribution in [0.1, 0.15) is 18.8 Å². The number of carbonyl (C=O) groups excluding carboxylic acids is 1. The van der Waals surface area contributed by atoms with E-state index in [2.05, 4.69) is 4.18 Å². The number of alkyl halides is 3. The smallest absolute Gasteiger partial charge is 0.456 e. The summed E-state index contributed by atoms with van der Waals surface area (Å²) in [4.78, 5) is 12.5. The van der Waals surface area contributed by atoms with E-state index in [-0.39, 0.29) is 6.61 Å². The molecule has 4 unspecified atom stereocenters. The molecule has 0 saturated carbocycles. The van der Waals surface area contributed by atoms with Crippen LogP contribution in [0.4, 0.5) is 13.2 Å². The van der Waals surface area contributed by atoms with Gasteiger partial charge in [-0.05, 0) is 12.1 Å². The fourth-order valence-corrected chi connectivity index (χ4v) is 5.43. The lowest BCUT2D eigenvalue weighted by Gasteiger charge is -2.48. The molecular formula is C22H21F3O8S2. The van der Waals surface area contributed by atoms with Crippen molar-refractivity contribution in [3.63, 3.8) is 0 Å². The number of benzene rings is 2. The molecular weight excluding hydrogens is 513 g/mol. The molecule has 0 aliphatic carbocycles. The van der Waals surface area contributed by atoms with Crippen LogP contribution in [-0.2, 0) is 38.0 Å². The van der Waals surface area contributed by atoms with E-state index >= 15 is 0 Å². The molecule has 2 heterocycles. The Morgan fingerprint density at radius 2 is 1.63 bits per heavy atom. The van der Waals surface area contributed by atoms with E-state index in [1.165, 1.54) is 0 Å². The van der Waals surface area contributed by atoms with Crippen molar-refractivity contribution in [3.8, 4) is 0 Å². The van der Waals surface area contributed by atoms with Crippen LogP contribution in [0.2, 0.25) is 0 Å². The lowest BCUT2D eigenvalue weighted by atomic mass is 9.98. The molecule has 2 saturated heterocycles. The van der Waals surface area contributed by atoms with E-state index in [0.717, 1.165) is 18.7 Å².